The SMILES string of the molecule is CC(C)(C)OC(=O)N1CCCC(S(=O)c2nc3ccccc3nc2Cl)C1. The Kier molecular flexibility index (Phi) is 5.48. The molecule has 1 amide bonds. The molecule has 140 valence electrons. The first-order chi connectivity index (χ1) is 12.2. The summed E-state index contributed by atoms with van der Waals surface area (Å²) < 4.78 is 18.5. The number of amides is 1. The maximum Gasteiger partial charge on any atom is 0.410 e. The van der Waals surface area contributed by atoms with Crippen molar-refractivity contribution in [3.05, 3.63) is 29.4 Å². The highest BCUT2D eigenvalue weighted by atomic mass is 35.5. The lowest BCUT2D eigenvalue weighted by Gasteiger charge is -2.33. The van der Waals surface area contributed by atoms with Crippen LogP contribution < -0.4 is 0 Å². The molecule has 0 aliphatic carbocycles. The zero-order valence-corrected chi connectivity index (χ0v) is 16.6. The number of benzene rings is 1. The number of piperidine rings is 1. The molecule has 1 aromatic carbocycles. The van der Waals surface area contributed by atoms with E-state index < -0.39 is 16.4 Å². The van der Waals surface area contributed by atoms with E-state index >= 15 is 0 Å². The summed E-state index contributed by atoms with van der Waals surface area (Å²) in [5.41, 5.74) is 0.758. The summed E-state index contributed by atoms with van der Waals surface area (Å²) in [6.45, 7) is 6.44. The van der Waals surface area contributed by atoms with Gasteiger partial charge < -0.3 is 9.64 Å². The van der Waals surface area contributed by atoms with Crippen LogP contribution in [0.4, 0.5) is 4.79 Å². The second-order valence-electron chi connectivity index (χ2n) is 7.30. The second kappa shape index (κ2) is 7.48. The van der Waals surface area contributed by atoms with Crippen molar-refractivity contribution in [1.29, 1.82) is 0 Å². The van der Waals surface area contributed by atoms with E-state index in [4.69, 9.17) is 16.3 Å². The van der Waals surface area contributed by atoms with Crippen molar-refractivity contribution < 1.29 is 13.7 Å². The van der Waals surface area contributed by atoms with Gasteiger partial charge in [0.15, 0.2) is 10.2 Å². The molecule has 8 heteroatoms. The predicted octanol–water partition coefficient (Wildman–Crippen LogP) is 3.79. The summed E-state index contributed by atoms with van der Waals surface area (Å²) in [7, 11) is -1.45. The zero-order valence-electron chi connectivity index (χ0n) is 15.1. The topological polar surface area (TPSA) is 72.4 Å². The van der Waals surface area contributed by atoms with E-state index in [0.29, 0.717) is 24.1 Å². The molecule has 2 heterocycles. The highest BCUT2D eigenvalue weighted by Crippen LogP contribution is 2.26. The quantitative estimate of drug-likeness (QED) is 0.773. The molecule has 1 aromatic heterocycles. The fraction of sp³-hybridized carbons (Fsp3) is 0.500. The molecule has 0 radical (unpaired) electrons. The fourth-order valence-electron chi connectivity index (χ4n) is 2.85. The van der Waals surface area contributed by atoms with Crippen LogP contribution in [0, 0.1) is 0 Å². The number of halogens is 1. The average molecular weight is 396 g/mol. The van der Waals surface area contributed by atoms with Crippen molar-refractivity contribution in [2.75, 3.05) is 13.1 Å². The number of likely N-dealkylation sites (tertiary alicyclic amines) is 1. The third kappa shape index (κ3) is 4.32. The molecule has 0 spiro atoms. The van der Waals surface area contributed by atoms with Gasteiger partial charge in [0.05, 0.1) is 27.1 Å². The number of carbonyl (C=O) groups is 1. The third-order valence-electron chi connectivity index (χ3n) is 4.02. The Morgan fingerprint density at radius 3 is 2.58 bits per heavy atom. The van der Waals surface area contributed by atoms with E-state index in [9.17, 15) is 9.00 Å². The zero-order chi connectivity index (χ0) is 18.9. The van der Waals surface area contributed by atoms with Crippen molar-refractivity contribution in [2.45, 2.75) is 49.5 Å². The molecule has 2 atom stereocenters. The minimum absolute atomic E-state index is 0.149. The molecule has 0 N–H and O–H groups in total. The number of nitrogens with zero attached hydrogens (tertiary/aromatic N) is 3. The Morgan fingerprint density at radius 1 is 1.27 bits per heavy atom. The molecule has 1 saturated heterocycles. The number of rotatable bonds is 2. The number of fused-ring (bicyclic) bond motifs is 1. The van der Waals surface area contributed by atoms with Crippen LogP contribution in [-0.4, -0.2) is 49.1 Å². The molecular formula is C18H22ClN3O3S. The fourth-order valence-corrected chi connectivity index (χ4v) is 4.63. The van der Waals surface area contributed by atoms with Gasteiger partial charge in [0, 0.05) is 13.1 Å². The number of aromatic nitrogens is 2. The molecule has 0 bridgehead atoms. The van der Waals surface area contributed by atoms with Gasteiger partial charge in [-0.25, -0.2) is 14.8 Å². The molecule has 3 rings (SSSR count). The lowest BCUT2D eigenvalue weighted by Crippen LogP contribution is -2.46. The second-order valence-corrected chi connectivity index (χ2v) is 9.30. The smallest absolute Gasteiger partial charge is 0.410 e. The van der Waals surface area contributed by atoms with Crippen LogP contribution in [0.1, 0.15) is 33.6 Å². The lowest BCUT2D eigenvalue weighted by molar-refractivity contribution is 0.0219. The van der Waals surface area contributed by atoms with E-state index in [-0.39, 0.29) is 21.5 Å². The molecule has 0 saturated carbocycles. The van der Waals surface area contributed by atoms with Gasteiger partial charge in [-0.2, -0.15) is 0 Å². The number of para-hydroxylation sites is 2. The molecule has 2 unspecified atom stereocenters. The van der Waals surface area contributed by atoms with Crippen LogP contribution in [-0.2, 0) is 15.5 Å². The number of hydrogen-bond donors (Lipinski definition) is 0. The molecule has 2 aromatic rings. The van der Waals surface area contributed by atoms with Crippen LogP contribution in [0.3, 0.4) is 0 Å². The average Bonchev–Trinajstić information content (AvgIpc) is 2.59. The first kappa shape index (κ1) is 19.0. The van der Waals surface area contributed by atoms with Crippen LogP contribution in [0.5, 0.6) is 0 Å². The van der Waals surface area contributed by atoms with Gasteiger partial charge in [-0.1, -0.05) is 23.7 Å². The van der Waals surface area contributed by atoms with Crippen LogP contribution in [0.2, 0.25) is 5.15 Å². The number of ether oxygens (including phenoxy) is 1. The highest BCUT2D eigenvalue weighted by molar-refractivity contribution is 7.85. The first-order valence-electron chi connectivity index (χ1n) is 8.55. The Labute approximate surface area is 160 Å². The number of carbonyl (C=O) groups excluding carboxylic acids is 1. The summed E-state index contributed by atoms with van der Waals surface area (Å²) in [5.74, 6) is 0. The number of hydrogen-bond acceptors (Lipinski definition) is 5. The van der Waals surface area contributed by atoms with Gasteiger partial charge in [-0.05, 0) is 45.7 Å². The summed E-state index contributed by atoms with van der Waals surface area (Å²) in [5, 5.41) is 0.182. The lowest BCUT2D eigenvalue weighted by atomic mass is 10.1. The summed E-state index contributed by atoms with van der Waals surface area (Å²) in [4.78, 5) is 22.7. The Morgan fingerprint density at radius 2 is 1.92 bits per heavy atom. The summed E-state index contributed by atoms with van der Waals surface area (Å²) >= 11 is 6.23. The van der Waals surface area contributed by atoms with Gasteiger partial charge in [-0.3, -0.25) is 4.21 Å². The minimum Gasteiger partial charge on any atom is -0.444 e. The first-order valence-corrected chi connectivity index (χ1v) is 10.1. The maximum absolute atomic E-state index is 13.1. The summed E-state index contributed by atoms with van der Waals surface area (Å²) in [6, 6.07) is 7.32. The third-order valence-corrected chi connectivity index (χ3v) is 6.05. The van der Waals surface area contributed by atoms with Crippen LogP contribution in [0.15, 0.2) is 29.3 Å². The van der Waals surface area contributed by atoms with E-state index in [1.165, 1.54) is 0 Å². The van der Waals surface area contributed by atoms with Gasteiger partial charge in [0.2, 0.25) is 0 Å². The molecule has 6 nitrogen and oxygen atoms in total. The monoisotopic (exact) mass is 395 g/mol. The highest BCUT2D eigenvalue weighted by Gasteiger charge is 2.32. The van der Waals surface area contributed by atoms with Gasteiger partial charge in [-0.15, -0.1) is 0 Å². The van der Waals surface area contributed by atoms with E-state index in [0.717, 1.165) is 12.8 Å². The van der Waals surface area contributed by atoms with E-state index in [1.807, 2.05) is 45.0 Å². The minimum atomic E-state index is -1.45. The molecule has 26 heavy (non-hydrogen) atoms. The van der Waals surface area contributed by atoms with E-state index in [2.05, 4.69) is 9.97 Å². The van der Waals surface area contributed by atoms with Crippen molar-refractivity contribution in [1.82, 2.24) is 14.9 Å². The molecule has 1 aliphatic rings. The maximum atomic E-state index is 13.1. The largest absolute Gasteiger partial charge is 0.444 e. The van der Waals surface area contributed by atoms with Gasteiger partial charge in [0.1, 0.15) is 5.60 Å². The van der Waals surface area contributed by atoms with E-state index in [1.54, 1.807) is 4.90 Å². The van der Waals surface area contributed by atoms with Crippen molar-refractivity contribution in [3.8, 4) is 0 Å². The molecule has 1 fully saturated rings. The molecule has 1 aliphatic heterocycles. The van der Waals surface area contributed by atoms with Gasteiger partial charge in [0.25, 0.3) is 0 Å². The Bertz CT molecular complexity index is 853. The van der Waals surface area contributed by atoms with Crippen LogP contribution in [0.25, 0.3) is 11.0 Å². The normalized spacial score (nSPS) is 19.4. The van der Waals surface area contributed by atoms with Crippen molar-refractivity contribution >= 4 is 39.5 Å². The van der Waals surface area contributed by atoms with Crippen molar-refractivity contribution in [3.63, 3.8) is 0 Å². The van der Waals surface area contributed by atoms with Crippen LogP contribution >= 0.6 is 11.6 Å². The molecular weight excluding hydrogens is 374 g/mol. The standard InChI is InChI=1S/C18H22ClN3O3S/c1-18(2,3)25-17(23)22-10-6-7-12(11-22)26(24)16-15(19)20-13-8-4-5-9-14(13)21-16/h4-5,8-9,12H,6-7,10-11H2,1-3H3. The van der Waals surface area contributed by atoms with Crippen molar-refractivity contribution in [2.24, 2.45) is 0 Å². The Hall–Kier alpha value is -1.73. The predicted molar refractivity (Wildman–Crippen MR) is 102 cm³/mol. The Balaban J connectivity index is 1.79. The summed E-state index contributed by atoms with van der Waals surface area (Å²) in [6.07, 6.45) is 1.11. The van der Waals surface area contributed by atoms with Gasteiger partial charge >= 0.3 is 6.09 Å².